The van der Waals surface area contributed by atoms with Crippen LogP contribution in [0.5, 0.6) is 0 Å². The van der Waals surface area contributed by atoms with Gasteiger partial charge in [0.1, 0.15) is 0 Å². The third kappa shape index (κ3) is 4.43. The summed E-state index contributed by atoms with van der Waals surface area (Å²) in [6.45, 7) is 5.18. The molecule has 2 atom stereocenters. The molecule has 2 unspecified atom stereocenters. The summed E-state index contributed by atoms with van der Waals surface area (Å²) in [5.74, 6) is 0.768. The molecule has 1 aromatic carbocycles. The van der Waals surface area contributed by atoms with Crippen LogP contribution < -0.4 is 5.32 Å². The van der Waals surface area contributed by atoms with E-state index in [9.17, 15) is 0 Å². The fourth-order valence-electron chi connectivity index (χ4n) is 2.75. The van der Waals surface area contributed by atoms with E-state index in [1.807, 2.05) is 0 Å². The summed E-state index contributed by atoms with van der Waals surface area (Å²) in [4.78, 5) is 0. The maximum absolute atomic E-state index is 5.47. The van der Waals surface area contributed by atoms with Crippen molar-refractivity contribution in [1.82, 2.24) is 5.32 Å². The molecule has 0 saturated carbocycles. The van der Waals surface area contributed by atoms with Gasteiger partial charge in [0.2, 0.25) is 0 Å². The summed E-state index contributed by atoms with van der Waals surface area (Å²) in [6.07, 6.45) is 4.91. The highest BCUT2D eigenvalue weighted by Crippen LogP contribution is 2.20. The lowest BCUT2D eigenvalue weighted by Crippen LogP contribution is -2.31. The Morgan fingerprint density at radius 1 is 1.33 bits per heavy atom. The van der Waals surface area contributed by atoms with Gasteiger partial charge in [-0.1, -0.05) is 37.3 Å². The van der Waals surface area contributed by atoms with Crippen molar-refractivity contribution in [3.8, 4) is 0 Å². The average molecular weight is 247 g/mol. The van der Waals surface area contributed by atoms with Gasteiger partial charge in [0.15, 0.2) is 0 Å². The van der Waals surface area contributed by atoms with Crippen molar-refractivity contribution in [2.24, 2.45) is 5.92 Å². The van der Waals surface area contributed by atoms with E-state index in [2.05, 4.69) is 42.6 Å². The van der Waals surface area contributed by atoms with Crippen LogP contribution in [0, 0.1) is 5.92 Å². The quantitative estimate of drug-likeness (QED) is 0.799. The minimum atomic E-state index is 0.641. The van der Waals surface area contributed by atoms with Crippen molar-refractivity contribution in [3.63, 3.8) is 0 Å². The molecule has 1 fully saturated rings. The molecular weight excluding hydrogens is 222 g/mol. The van der Waals surface area contributed by atoms with E-state index < -0.39 is 0 Å². The van der Waals surface area contributed by atoms with Crippen molar-refractivity contribution < 1.29 is 4.74 Å². The van der Waals surface area contributed by atoms with Crippen LogP contribution in [-0.2, 0) is 11.2 Å². The van der Waals surface area contributed by atoms with E-state index in [0.717, 1.165) is 25.7 Å². The van der Waals surface area contributed by atoms with Gasteiger partial charge in [0.25, 0.3) is 0 Å². The molecule has 0 spiro atoms. The number of rotatable bonds is 7. The lowest BCUT2D eigenvalue weighted by Gasteiger charge is -2.20. The summed E-state index contributed by atoms with van der Waals surface area (Å²) in [7, 11) is 0. The van der Waals surface area contributed by atoms with E-state index >= 15 is 0 Å². The van der Waals surface area contributed by atoms with Gasteiger partial charge >= 0.3 is 0 Å². The van der Waals surface area contributed by atoms with E-state index in [0.29, 0.717) is 6.04 Å². The molecule has 0 amide bonds. The minimum Gasteiger partial charge on any atom is -0.381 e. The van der Waals surface area contributed by atoms with Gasteiger partial charge in [-0.3, -0.25) is 0 Å². The molecule has 1 aliphatic heterocycles. The van der Waals surface area contributed by atoms with Gasteiger partial charge in [-0.2, -0.15) is 0 Å². The van der Waals surface area contributed by atoms with E-state index in [1.165, 1.54) is 31.2 Å². The summed E-state index contributed by atoms with van der Waals surface area (Å²) in [5.41, 5.74) is 1.45. The molecular formula is C16H25NO. The molecule has 1 aliphatic rings. The lowest BCUT2D eigenvalue weighted by molar-refractivity contribution is 0.181. The van der Waals surface area contributed by atoms with E-state index in [-0.39, 0.29) is 0 Å². The van der Waals surface area contributed by atoms with Crippen LogP contribution in [0.15, 0.2) is 30.3 Å². The van der Waals surface area contributed by atoms with Gasteiger partial charge < -0.3 is 10.1 Å². The Morgan fingerprint density at radius 2 is 2.17 bits per heavy atom. The van der Waals surface area contributed by atoms with Crippen LogP contribution >= 0.6 is 0 Å². The highest BCUT2D eigenvalue weighted by molar-refractivity contribution is 5.14. The highest BCUT2D eigenvalue weighted by Gasteiger charge is 2.20. The SMILES string of the molecule is CCNC(CCc1ccccc1)CC1CCOC1. The van der Waals surface area contributed by atoms with Gasteiger partial charge in [0, 0.05) is 19.3 Å². The van der Waals surface area contributed by atoms with Crippen molar-refractivity contribution >= 4 is 0 Å². The monoisotopic (exact) mass is 247 g/mol. The Balaban J connectivity index is 1.78. The minimum absolute atomic E-state index is 0.641. The molecule has 0 aliphatic carbocycles. The molecule has 1 heterocycles. The first kappa shape index (κ1) is 13.6. The zero-order valence-electron chi connectivity index (χ0n) is 11.4. The number of hydrogen-bond acceptors (Lipinski definition) is 2. The lowest BCUT2D eigenvalue weighted by atomic mass is 9.94. The van der Waals surface area contributed by atoms with Crippen molar-refractivity contribution in [1.29, 1.82) is 0 Å². The Labute approximate surface area is 111 Å². The summed E-state index contributed by atoms with van der Waals surface area (Å²) in [6, 6.07) is 11.4. The normalized spacial score (nSPS) is 21.1. The third-order valence-electron chi connectivity index (χ3n) is 3.76. The van der Waals surface area contributed by atoms with Gasteiger partial charge in [-0.25, -0.2) is 0 Å². The fraction of sp³-hybridized carbons (Fsp3) is 0.625. The molecule has 1 saturated heterocycles. The van der Waals surface area contributed by atoms with Crippen LogP contribution in [0.1, 0.15) is 31.7 Å². The largest absolute Gasteiger partial charge is 0.381 e. The number of hydrogen-bond donors (Lipinski definition) is 1. The molecule has 2 rings (SSSR count). The number of benzene rings is 1. The molecule has 2 nitrogen and oxygen atoms in total. The van der Waals surface area contributed by atoms with Crippen LogP contribution in [0.2, 0.25) is 0 Å². The van der Waals surface area contributed by atoms with Gasteiger partial charge in [-0.05, 0) is 43.7 Å². The first-order chi connectivity index (χ1) is 8.88. The van der Waals surface area contributed by atoms with E-state index in [1.54, 1.807) is 0 Å². The van der Waals surface area contributed by atoms with Crippen LogP contribution in [0.4, 0.5) is 0 Å². The molecule has 1 N–H and O–H groups in total. The second kappa shape index (κ2) is 7.55. The molecule has 0 bridgehead atoms. The second-order valence-electron chi connectivity index (χ2n) is 5.24. The first-order valence-corrected chi connectivity index (χ1v) is 7.23. The Hall–Kier alpha value is -0.860. The van der Waals surface area contributed by atoms with Crippen molar-refractivity contribution in [2.75, 3.05) is 19.8 Å². The number of nitrogens with one attached hydrogen (secondary N) is 1. The van der Waals surface area contributed by atoms with Crippen molar-refractivity contribution in [3.05, 3.63) is 35.9 Å². The summed E-state index contributed by atoms with van der Waals surface area (Å²) in [5, 5.41) is 3.62. The summed E-state index contributed by atoms with van der Waals surface area (Å²) >= 11 is 0. The topological polar surface area (TPSA) is 21.3 Å². The molecule has 0 radical (unpaired) electrons. The predicted octanol–water partition coefficient (Wildman–Crippen LogP) is 3.02. The zero-order valence-corrected chi connectivity index (χ0v) is 11.4. The Morgan fingerprint density at radius 3 is 2.83 bits per heavy atom. The van der Waals surface area contributed by atoms with Crippen LogP contribution in [0.25, 0.3) is 0 Å². The summed E-state index contributed by atoms with van der Waals surface area (Å²) < 4.78 is 5.47. The van der Waals surface area contributed by atoms with Crippen molar-refractivity contribution in [2.45, 2.75) is 38.6 Å². The molecule has 0 aromatic heterocycles. The molecule has 18 heavy (non-hydrogen) atoms. The Kier molecular flexibility index (Phi) is 5.69. The third-order valence-corrected chi connectivity index (χ3v) is 3.76. The highest BCUT2D eigenvalue weighted by atomic mass is 16.5. The average Bonchev–Trinajstić information content (AvgIpc) is 2.90. The number of ether oxygens (including phenoxy) is 1. The van der Waals surface area contributed by atoms with Crippen LogP contribution in [0.3, 0.4) is 0 Å². The van der Waals surface area contributed by atoms with Gasteiger partial charge in [-0.15, -0.1) is 0 Å². The first-order valence-electron chi connectivity index (χ1n) is 7.23. The predicted molar refractivity (Wildman–Crippen MR) is 75.8 cm³/mol. The smallest absolute Gasteiger partial charge is 0.0495 e. The maximum Gasteiger partial charge on any atom is 0.0495 e. The Bertz CT molecular complexity index is 319. The van der Waals surface area contributed by atoms with Gasteiger partial charge in [0.05, 0.1) is 0 Å². The maximum atomic E-state index is 5.47. The van der Waals surface area contributed by atoms with Crippen LogP contribution in [-0.4, -0.2) is 25.8 Å². The fourth-order valence-corrected chi connectivity index (χ4v) is 2.75. The van der Waals surface area contributed by atoms with E-state index in [4.69, 9.17) is 4.74 Å². The standard InChI is InChI=1S/C16H25NO/c1-2-17-16(12-15-10-11-18-13-15)9-8-14-6-4-3-5-7-14/h3-7,15-17H,2,8-13H2,1H3. The molecule has 1 aromatic rings. The zero-order chi connectivity index (χ0) is 12.6. The second-order valence-corrected chi connectivity index (χ2v) is 5.24. The number of aryl methyl sites for hydroxylation is 1. The molecule has 2 heteroatoms. The molecule has 100 valence electrons.